The number of carbonyl (C=O) groups is 4. The molecular weight excluding hydrogens is 584 g/mol. The van der Waals surface area contributed by atoms with Gasteiger partial charge in [-0.15, -0.1) is 0 Å². The van der Waals surface area contributed by atoms with Gasteiger partial charge >= 0.3 is 0 Å². The van der Waals surface area contributed by atoms with Crippen molar-refractivity contribution >= 4 is 23.5 Å². The summed E-state index contributed by atoms with van der Waals surface area (Å²) in [4.78, 5) is 60.5. The van der Waals surface area contributed by atoms with Gasteiger partial charge in [0, 0.05) is 19.6 Å². The molecule has 3 amide bonds. The van der Waals surface area contributed by atoms with Crippen molar-refractivity contribution in [2.75, 3.05) is 46.1 Å². The molecule has 2 aliphatic heterocycles. The Hall–Kier alpha value is -4.70. The van der Waals surface area contributed by atoms with Crippen molar-refractivity contribution < 1.29 is 28.7 Å². The zero-order valence-corrected chi connectivity index (χ0v) is 26.4. The topological polar surface area (TPSA) is 99.7 Å². The number of amides is 3. The third-order valence-electron chi connectivity index (χ3n) is 8.17. The maximum atomic E-state index is 14.1. The number of likely N-dealkylation sites (tertiary alicyclic amines) is 1. The molecule has 0 unspecified atom stereocenters. The first kappa shape index (κ1) is 32.7. The van der Waals surface area contributed by atoms with Crippen molar-refractivity contribution in [1.29, 1.82) is 0 Å². The molecule has 0 saturated carbocycles. The largest absolute Gasteiger partial charge is 0.454 e. The maximum absolute atomic E-state index is 14.1. The second-order valence-corrected chi connectivity index (χ2v) is 11.9. The van der Waals surface area contributed by atoms with Gasteiger partial charge in [0.1, 0.15) is 18.9 Å². The number of ketones is 1. The Bertz CT molecular complexity index is 1490. The van der Waals surface area contributed by atoms with Crippen LogP contribution < -0.4 is 9.47 Å². The monoisotopic (exact) mass is 626 g/mol. The summed E-state index contributed by atoms with van der Waals surface area (Å²) < 4.78 is 10.9. The fourth-order valence-electron chi connectivity index (χ4n) is 5.77. The van der Waals surface area contributed by atoms with Crippen LogP contribution in [0.3, 0.4) is 0 Å². The third-order valence-corrected chi connectivity index (χ3v) is 8.17. The van der Waals surface area contributed by atoms with E-state index in [0.29, 0.717) is 11.5 Å². The van der Waals surface area contributed by atoms with Gasteiger partial charge in [-0.25, -0.2) is 0 Å². The molecule has 3 aromatic rings. The van der Waals surface area contributed by atoms with Gasteiger partial charge in [-0.2, -0.15) is 0 Å². The van der Waals surface area contributed by atoms with Crippen LogP contribution >= 0.6 is 0 Å². The molecule has 1 saturated heterocycles. The Labute approximate surface area is 270 Å². The molecule has 242 valence electrons. The highest BCUT2D eigenvalue weighted by atomic mass is 16.7. The van der Waals surface area contributed by atoms with Crippen LogP contribution in [0.25, 0.3) is 0 Å². The molecule has 3 aromatic carbocycles. The standard InChI is InChI=1S/C36H42N4O6/c1-28(41)20-38(23-31-15-16-32-33(19-31)46-27-45-32)35(43)25-40(22-30-13-7-3-8-14-30)36(44)26-39(21-29-11-5-2-6-12-29)34(42)24-37-17-9-4-10-18-37/h2-3,5-8,11-16,19H,4,9-10,17-18,20-27H2,1H3. The van der Waals surface area contributed by atoms with Crippen LogP contribution in [0, 0.1) is 0 Å². The zero-order valence-electron chi connectivity index (χ0n) is 26.4. The molecule has 2 aliphatic rings. The number of carbonyl (C=O) groups excluding carboxylic acids is 4. The van der Waals surface area contributed by atoms with Gasteiger partial charge in [0.15, 0.2) is 11.5 Å². The van der Waals surface area contributed by atoms with E-state index in [9.17, 15) is 19.2 Å². The Balaban J connectivity index is 1.34. The van der Waals surface area contributed by atoms with Gasteiger partial charge < -0.3 is 24.2 Å². The van der Waals surface area contributed by atoms with Crippen LogP contribution in [-0.2, 0) is 38.8 Å². The number of ether oxygens (including phenoxy) is 2. The Morgan fingerprint density at radius 3 is 1.72 bits per heavy atom. The Morgan fingerprint density at radius 2 is 1.13 bits per heavy atom. The third kappa shape index (κ3) is 9.40. The molecule has 0 atom stereocenters. The molecule has 2 heterocycles. The second-order valence-electron chi connectivity index (χ2n) is 11.9. The lowest BCUT2D eigenvalue weighted by atomic mass is 10.1. The molecule has 10 heteroatoms. The number of nitrogens with zero attached hydrogens (tertiary/aromatic N) is 4. The Morgan fingerprint density at radius 1 is 0.609 bits per heavy atom. The summed E-state index contributed by atoms with van der Waals surface area (Å²) in [6.45, 7) is 3.66. The molecular formula is C36H42N4O6. The molecule has 46 heavy (non-hydrogen) atoms. The summed E-state index contributed by atoms with van der Waals surface area (Å²) >= 11 is 0. The van der Waals surface area contributed by atoms with Gasteiger partial charge in [0.2, 0.25) is 24.5 Å². The molecule has 5 rings (SSSR count). The second kappa shape index (κ2) is 16.0. The SMILES string of the molecule is CC(=O)CN(Cc1ccc2c(c1)OCO2)C(=O)CN(Cc1ccccc1)C(=O)CN(Cc1ccccc1)C(=O)CN1CCCCC1. The lowest BCUT2D eigenvalue weighted by Gasteiger charge is -2.32. The summed E-state index contributed by atoms with van der Waals surface area (Å²) in [6.07, 6.45) is 3.27. The van der Waals surface area contributed by atoms with E-state index in [-0.39, 0.29) is 76.1 Å². The van der Waals surface area contributed by atoms with Crippen LogP contribution in [0.15, 0.2) is 78.9 Å². The summed E-state index contributed by atoms with van der Waals surface area (Å²) in [5, 5.41) is 0. The molecule has 0 aromatic heterocycles. The van der Waals surface area contributed by atoms with Crippen LogP contribution in [-0.4, -0.2) is 89.2 Å². The van der Waals surface area contributed by atoms with E-state index in [0.717, 1.165) is 49.0 Å². The highest BCUT2D eigenvalue weighted by Crippen LogP contribution is 2.32. The molecule has 0 N–H and O–H groups in total. The Kier molecular flexibility index (Phi) is 11.4. The number of hydrogen-bond acceptors (Lipinski definition) is 7. The van der Waals surface area contributed by atoms with Crippen molar-refractivity contribution in [2.45, 2.75) is 45.8 Å². The van der Waals surface area contributed by atoms with Gasteiger partial charge in [-0.3, -0.25) is 24.1 Å². The highest BCUT2D eigenvalue weighted by molar-refractivity contribution is 5.90. The minimum Gasteiger partial charge on any atom is -0.454 e. The molecule has 0 spiro atoms. The van der Waals surface area contributed by atoms with E-state index in [1.54, 1.807) is 17.0 Å². The summed E-state index contributed by atoms with van der Waals surface area (Å²) in [5.41, 5.74) is 2.55. The number of benzene rings is 3. The van der Waals surface area contributed by atoms with Crippen molar-refractivity contribution in [3.05, 3.63) is 95.6 Å². The highest BCUT2D eigenvalue weighted by Gasteiger charge is 2.27. The van der Waals surface area contributed by atoms with E-state index in [4.69, 9.17) is 9.47 Å². The maximum Gasteiger partial charge on any atom is 0.242 e. The fourth-order valence-corrected chi connectivity index (χ4v) is 5.77. The van der Waals surface area contributed by atoms with Gasteiger partial charge in [-0.05, 0) is 61.7 Å². The normalized spacial score (nSPS) is 14.0. The fraction of sp³-hybridized carbons (Fsp3) is 0.389. The number of hydrogen-bond donors (Lipinski definition) is 0. The quantitative estimate of drug-likeness (QED) is 0.268. The van der Waals surface area contributed by atoms with E-state index in [1.807, 2.05) is 66.7 Å². The average Bonchev–Trinajstić information content (AvgIpc) is 3.53. The minimum absolute atomic E-state index is 0.102. The van der Waals surface area contributed by atoms with Crippen LogP contribution in [0.2, 0.25) is 0 Å². The number of fused-ring (bicyclic) bond motifs is 1. The lowest BCUT2D eigenvalue weighted by Crippen LogP contribution is -2.49. The van der Waals surface area contributed by atoms with Gasteiger partial charge in [0.05, 0.1) is 13.1 Å². The van der Waals surface area contributed by atoms with E-state index in [1.165, 1.54) is 16.7 Å². The van der Waals surface area contributed by atoms with Gasteiger partial charge in [0.25, 0.3) is 0 Å². The molecule has 0 radical (unpaired) electrons. The van der Waals surface area contributed by atoms with E-state index >= 15 is 0 Å². The lowest BCUT2D eigenvalue weighted by molar-refractivity contribution is -0.146. The first-order valence-electron chi connectivity index (χ1n) is 15.9. The zero-order chi connectivity index (χ0) is 32.3. The summed E-state index contributed by atoms with van der Waals surface area (Å²) in [6, 6.07) is 24.5. The first-order chi connectivity index (χ1) is 22.3. The summed E-state index contributed by atoms with van der Waals surface area (Å²) in [7, 11) is 0. The smallest absolute Gasteiger partial charge is 0.242 e. The first-order valence-corrected chi connectivity index (χ1v) is 15.9. The molecule has 0 bridgehead atoms. The van der Waals surface area contributed by atoms with Gasteiger partial charge in [-0.1, -0.05) is 73.2 Å². The van der Waals surface area contributed by atoms with Crippen molar-refractivity contribution in [2.24, 2.45) is 0 Å². The van der Waals surface area contributed by atoms with E-state index in [2.05, 4.69) is 4.90 Å². The van der Waals surface area contributed by atoms with Crippen molar-refractivity contribution in [3.8, 4) is 11.5 Å². The predicted molar refractivity (Wildman–Crippen MR) is 173 cm³/mol. The van der Waals surface area contributed by atoms with Crippen LogP contribution in [0.1, 0.15) is 42.9 Å². The molecule has 0 aliphatic carbocycles. The van der Waals surface area contributed by atoms with Crippen LogP contribution in [0.4, 0.5) is 0 Å². The minimum atomic E-state index is -0.369. The average molecular weight is 627 g/mol. The molecule has 1 fully saturated rings. The summed E-state index contributed by atoms with van der Waals surface area (Å²) in [5.74, 6) is 0.208. The molecule has 10 nitrogen and oxygen atoms in total. The van der Waals surface area contributed by atoms with E-state index < -0.39 is 0 Å². The number of piperidine rings is 1. The van der Waals surface area contributed by atoms with Crippen molar-refractivity contribution in [3.63, 3.8) is 0 Å². The number of Topliss-reactive ketones (excluding diaryl/α,β-unsaturated/α-hetero) is 1. The number of rotatable bonds is 14. The van der Waals surface area contributed by atoms with Crippen molar-refractivity contribution in [1.82, 2.24) is 19.6 Å². The van der Waals surface area contributed by atoms with Crippen LogP contribution in [0.5, 0.6) is 11.5 Å². The predicted octanol–water partition coefficient (Wildman–Crippen LogP) is 3.88.